The molecule has 19 heavy (non-hydrogen) atoms. The van der Waals surface area contributed by atoms with Crippen LogP contribution in [0.15, 0.2) is 0 Å². The predicted molar refractivity (Wildman–Crippen MR) is 82.6 cm³/mol. The predicted octanol–water partition coefficient (Wildman–Crippen LogP) is 2.90. The molecule has 1 N–H and O–H groups in total. The first-order valence-electron chi connectivity index (χ1n) is 7.88. The number of hydrogen-bond donors (Lipinski definition) is 1. The van der Waals surface area contributed by atoms with Crippen molar-refractivity contribution in [2.24, 2.45) is 5.41 Å². The Bertz CT molecular complexity index is 242. The molecule has 0 aromatic rings. The minimum Gasteiger partial charge on any atom is -0.381 e. The van der Waals surface area contributed by atoms with Crippen molar-refractivity contribution in [3.63, 3.8) is 0 Å². The second kappa shape index (κ2) is 7.61. The standard InChI is InChI=1S/C16H34N2O/c1-6-7-10-18(5)14-16(8-11-19-12-9-16)13-17-15(2,3)4/h17H,6-14H2,1-5H3. The highest BCUT2D eigenvalue weighted by molar-refractivity contribution is 4.89. The zero-order chi connectivity index (χ0) is 14.4. The smallest absolute Gasteiger partial charge is 0.0472 e. The van der Waals surface area contributed by atoms with Gasteiger partial charge in [-0.05, 0) is 59.0 Å². The number of rotatable bonds is 7. The van der Waals surface area contributed by atoms with Gasteiger partial charge in [-0.25, -0.2) is 0 Å². The molecule has 0 radical (unpaired) electrons. The van der Waals surface area contributed by atoms with Gasteiger partial charge in [0.1, 0.15) is 0 Å². The van der Waals surface area contributed by atoms with Crippen molar-refractivity contribution < 1.29 is 4.74 Å². The second-order valence-corrected chi connectivity index (χ2v) is 7.31. The van der Waals surface area contributed by atoms with E-state index in [2.05, 4.69) is 45.0 Å². The summed E-state index contributed by atoms with van der Waals surface area (Å²) in [5.74, 6) is 0. The van der Waals surface area contributed by atoms with E-state index >= 15 is 0 Å². The Morgan fingerprint density at radius 3 is 2.37 bits per heavy atom. The average Bonchev–Trinajstić information content (AvgIpc) is 2.34. The van der Waals surface area contributed by atoms with Crippen LogP contribution in [0.1, 0.15) is 53.4 Å². The van der Waals surface area contributed by atoms with Crippen molar-refractivity contribution in [3.05, 3.63) is 0 Å². The highest BCUT2D eigenvalue weighted by Crippen LogP contribution is 2.31. The summed E-state index contributed by atoms with van der Waals surface area (Å²) in [4.78, 5) is 2.51. The first-order valence-corrected chi connectivity index (χ1v) is 7.88. The molecule has 1 rings (SSSR count). The summed E-state index contributed by atoms with van der Waals surface area (Å²) in [6.45, 7) is 14.4. The van der Waals surface area contributed by atoms with Gasteiger partial charge in [0.15, 0.2) is 0 Å². The van der Waals surface area contributed by atoms with Crippen LogP contribution in [0, 0.1) is 5.41 Å². The SMILES string of the molecule is CCCCN(C)CC1(CNC(C)(C)C)CCOCC1. The quantitative estimate of drug-likeness (QED) is 0.770. The van der Waals surface area contributed by atoms with Gasteiger partial charge < -0.3 is 15.0 Å². The van der Waals surface area contributed by atoms with Gasteiger partial charge in [-0.15, -0.1) is 0 Å². The summed E-state index contributed by atoms with van der Waals surface area (Å²) < 4.78 is 5.57. The molecule has 114 valence electrons. The van der Waals surface area contributed by atoms with E-state index in [0.717, 1.165) is 19.8 Å². The lowest BCUT2D eigenvalue weighted by Gasteiger charge is -2.42. The molecule has 0 spiro atoms. The monoisotopic (exact) mass is 270 g/mol. The Morgan fingerprint density at radius 1 is 1.21 bits per heavy atom. The fourth-order valence-electron chi connectivity index (χ4n) is 2.73. The molecular formula is C16H34N2O. The minimum atomic E-state index is 0.202. The molecule has 1 saturated heterocycles. The van der Waals surface area contributed by atoms with Crippen LogP contribution in [0.4, 0.5) is 0 Å². The van der Waals surface area contributed by atoms with Gasteiger partial charge in [-0.2, -0.15) is 0 Å². The zero-order valence-corrected chi connectivity index (χ0v) is 13.7. The molecule has 1 aliphatic rings. The molecule has 1 fully saturated rings. The number of unbranched alkanes of at least 4 members (excludes halogenated alkanes) is 1. The van der Waals surface area contributed by atoms with E-state index in [4.69, 9.17) is 4.74 Å². The third-order valence-corrected chi connectivity index (χ3v) is 4.05. The van der Waals surface area contributed by atoms with Gasteiger partial charge in [0.25, 0.3) is 0 Å². The molecule has 1 aliphatic heterocycles. The van der Waals surface area contributed by atoms with Crippen LogP contribution < -0.4 is 5.32 Å². The molecular weight excluding hydrogens is 236 g/mol. The van der Waals surface area contributed by atoms with Crippen LogP contribution >= 0.6 is 0 Å². The Labute approximate surface area is 120 Å². The largest absolute Gasteiger partial charge is 0.381 e. The minimum absolute atomic E-state index is 0.202. The number of hydrogen-bond acceptors (Lipinski definition) is 3. The van der Waals surface area contributed by atoms with Gasteiger partial charge in [0.05, 0.1) is 0 Å². The molecule has 3 nitrogen and oxygen atoms in total. The maximum Gasteiger partial charge on any atom is 0.0472 e. The number of nitrogens with zero attached hydrogens (tertiary/aromatic N) is 1. The maximum absolute atomic E-state index is 5.57. The van der Waals surface area contributed by atoms with Gasteiger partial charge >= 0.3 is 0 Å². The fourth-order valence-corrected chi connectivity index (χ4v) is 2.73. The Balaban J connectivity index is 2.54. The normalized spacial score (nSPS) is 19.9. The summed E-state index contributed by atoms with van der Waals surface area (Å²) in [5, 5.41) is 3.71. The molecule has 0 aromatic carbocycles. The third-order valence-electron chi connectivity index (χ3n) is 4.05. The van der Waals surface area contributed by atoms with Crippen molar-refractivity contribution in [2.75, 3.05) is 39.9 Å². The lowest BCUT2D eigenvalue weighted by Crippen LogP contribution is -2.50. The molecule has 0 aliphatic carbocycles. The van der Waals surface area contributed by atoms with Crippen molar-refractivity contribution in [1.82, 2.24) is 10.2 Å². The van der Waals surface area contributed by atoms with E-state index in [-0.39, 0.29) is 5.54 Å². The lowest BCUT2D eigenvalue weighted by molar-refractivity contribution is -0.00345. The molecule has 1 heterocycles. The van der Waals surface area contributed by atoms with Crippen molar-refractivity contribution >= 4 is 0 Å². The molecule has 0 bridgehead atoms. The van der Waals surface area contributed by atoms with Crippen LogP contribution in [0.25, 0.3) is 0 Å². The van der Waals surface area contributed by atoms with Gasteiger partial charge in [0.2, 0.25) is 0 Å². The Hall–Kier alpha value is -0.120. The van der Waals surface area contributed by atoms with Gasteiger partial charge in [-0.1, -0.05) is 13.3 Å². The van der Waals surface area contributed by atoms with Crippen molar-refractivity contribution in [1.29, 1.82) is 0 Å². The molecule has 0 aromatic heterocycles. The fraction of sp³-hybridized carbons (Fsp3) is 1.00. The highest BCUT2D eigenvalue weighted by Gasteiger charge is 2.34. The van der Waals surface area contributed by atoms with Crippen molar-refractivity contribution in [3.8, 4) is 0 Å². The second-order valence-electron chi connectivity index (χ2n) is 7.31. The van der Waals surface area contributed by atoms with E-state index in [1.165, 1.54) is 38.8 Å². The van der Waals surface area contributed by atoms with E-state index in [0.29, 0.717) is 5.41 Å². The average molecular weight is 270 g/mol. The van der Waals surface area contributed by atoms with Gasteiger partial charge in [0, 0.05) is 31.8 Å². The summed E-state index contributed by atoms with van der Waals surface area (Å²) in [6.07, 6.45) is 4.95. The summed E-state index contributed by atoms with van der Waals surface area (Å²) in [7, 11) is 2.27. The van der Waals surface area contributed by atoms with Crippen LogP contribution in [0.5, 0.6) is 0 Å². The molecule has 3 heteroatoms. The van der Waals surface area contributed by atoms with Crippen LogP contribution in [-0.2, 0) is 4.74 Å². The first kappa shape index (κ1) is 16.9. The van der Waals surface area contributed by atoms with Crippen LogP contribution in [0.2, 0.25) is 0 Å². The maximum atomic E-state index is 5.57. The van der Waals surface area contributed by atoms with Gasteiger partial charge in [-0.3, -0.25) is 0 Å². The van der Waals surface area contributed by atoms with Crippen LogP contribution in [0.3, 0.4) is 0 Å². The summed E-state index contributed by atoms with van der Waals surface area (Å²) in [6, 6.07) is 0. The van der Waals surface area contributed by atoms with E-state index in [1.54, 1.807) is 0 Å². The topological polar surface area (TPSA) is 24.5 Å². The number of ether oxygens (including phenoxy) is 1. The molecule has 0 saturated carbocycles. The third kappa shape index (κ3) is 6.73. The molecule has 0 atom stereocenters. The lowest BCUT2D eigenvalue weighted by atomic mass is 9.79. The van der Waals surface area contributed by atoms with Crippen molar-refractivity contribution in [2.45, 2.75) is 58.9 Å². The zero-order valence-electron chi connectivity index (χ0n) is 13.7. The van der Waals surface area contributed by atoms with E-state index in [9.17, 15) is 0 Å². The molecule has 0 amide bonds. The first-order chi connectivity index (χ1) is 8.87. The summed E-state index contributed by atoms with van der Waals surface area (Å²) in [5.41, 5.74) is 0.599. The Morgan fingerprint density at radius 2 is 1.84 bits per heavy atom. The number of nitrogens with one attached hydrogen (secondary N) is 1. The molecule has 0 unspecified atom stereocenters. The van der Waals surface area contributed by atoms with E-state index < -0.39 is 0 Å². The summed E-state index contributed by atoms with van der Waals surface area (Å²) >= 11 is 0. The highest BCUT2D eigenvalue weighted by atomic mass is 16.5. The van der Waals surface area contributed by atoms with E-state index in [1.807, 2.05) is 0 Å². The van der Waals surface area contributed by atoms with Crippen LogP contribution in [-0.4, -0.2) is 50.3 Å². The Kier molecular flexibility index (Phi) is 6.78.